The Bertz CT molecular complexity index is 1650. The number of allylic oxidation sites excluding steroid dienone is 2. The van der Waals surface area contributed by atoms with Gasteiger partial charge in [0.25, 0.3) is 5.91 Å². The van der Waals surface area contributed by atoms with Crippen molar-refractivity contribution in [1.82, 2.24) is 15.6 Å². The number of aliphatic carboxylic acids is 1. The van der Waals surface area contributed by atoms with Crippen molar-refractivity contribution in [3.8, 4) is 0 Å². The van der Waals surface area contributed by atoms with Crippen LogP contribution in [0.3, 0.4) is 0 Å². The maximum Gasteiger partial charge on any atom is 0.326 e. The van der Waals surface area contributed by atoms with Gasteiger partial charge in [0.1, 0.15) is 6.04 Å². The molecule has 2 aliphatic carbocycles. The Morgan fingerprint density at radius 2 is 1.79 bits per heavy atom. The zero-order chi connectivity index (χ0) is 29.1. The minimum Gasteiger partial charge on any atom is -0.480 e. The van der Waals surface area contributed by atoms with Crippen LogP contribution in [0.1, 0.15) is 56.2 Å². The number of carbonyl (C=O) groups is 2. The highest BCUT2D eigenvalue weighted by molar-refractivity contribution is 5.98. The molecule has 1 saturated carbocycles. The normalized spacial score (nSPS) is 22.0. The van der Waals surface area contributed by atoms with Crippen LogP contribution in [0.5, 0.6) is 0 Å². The van der Waals surface area contributed by atoms with Crippen molar-refractivity contribution in [2.24, 2.45) is 11.8 Å². The van der Waals surface area contributed by atoms with Crippen LogP contribution in [-0.4, -0.2) is 34.1 Å². The van der Waals surface area contributed by atoms with Crippen LogP contribution in [-0.2, 0) is 16.0 Å². The largest absolute Gasteiger partial charge is 0.480 e. The third-order valence-electron chi connectivity index (χ3n) is 9.19. The highest BCUT2D eigenvalue weighted by Gasteiger charge is 2.30. The number of benzene rings is 3. The Hall–Kier alpha value is -4.16. The summed E-state index contributed by atoms with van der Waals surface area (Å²) in [5.41, 5.74) is 3.72. The summed E-state index contributed by atoms with van der Waals surface area (Å²) in [5.74, 6) is -0.420. The number of hydrogen-bond donors (Lipinski definition) is 4. The van der Waals surface area contributed by atoms with Gasteiger partial charge in [-0.25, -0.2) is 4.79 Å². The fourth-order valence-electron chi connectivity index (χ4n) is 6.96. The van der Waals surface area contributed by atoms with Crippen LogP contribution >= 0.6 is 0 Å². The lowest BCUT2D eigenvalue weighted by molar-refractivity contribution is -0.141. The Kier molecular flexibility index (Phi) is 8.24. The third kappa shape index (κ3) is 6.04. The summed E-state index contributed by atoms with van der Waals surface area (Å²) in [5, 5.41) is 20.1. The molecule has 216 valence electrons. The number of aromatic amines is 1. The second-order valence-corrected chi connectivity index (χ2v) is 11.9. The molecule has 0 spiro atoms. The lowest BCUT2D eigenvalue weighted by atomic mass is 9.74. The summed E-state index contributed by atoms with van der Waals surface area (Å²) < 4.78 is 0. The van der Waals surface area contributed by atoms with Crippen molar-refractivity contribution in [3.63, 3.8) is 0 Å². The molecule has 0 saturated heterocycles. The van der Waals surface area contributed by atoms with Gasteiger partial charge >= 0.3 is 5.97 Å². The number of amides is 1. The first-order chi connectivity index (χ1) is 20.5. The van der Waals surface area contributed by atoms with Gasteiger partial charge in [-0.1, -0.05) is 85.3 Å². The maximum atomic E-state index is 13.1. The minimum atomic E-state index is -1.04. The molecular weight excluding hydrogens is 522 g/mol. The van der Waals surface area contributed by atoms with E-state index in [-0.39, 0.29) is 18.4 Å². The fourth-order valence-corrected chi connectivity index (χ4v) is 6.96. The molecule has 4 N–H and O–H groups in total. The molecule has 6 heteroatoms. The highest BCUT2D eigenvalue weighted by Crippen LogP contribution is 2.36. The van der Waals surface area contributed by atoms with Crippen molar-refractivity contribution in [2.75, 3.05) is 0 Å². The number of H-pyrrole nitrogens is 1. The number of nitrogens with one attached hydrogen (secondary N) is 3. The van der Waals surface area contributed by atoms with Crippen LogP contribution < -0.4 is 10.6 Å². The summed E-state index contributed by atoms with van der Waals surface area (Å²) in [7, 11) is 0. The molecular formula is C36H39N3O3. The van der Waals surface area contributed by atoms with Crippen LogP contribution in [0.15, 0.2) is 96.7 Å². The molecule has 6 nitrogen and oxygen atoms in total. The van der Waals surface area contributed by atoms with E-state index in [0.29, 0.717) is 23.5 Å². The quantitative estimate of drug-likeness (QED) is 0.180. The first kappa shape index (κ1) is 28.0. The summed E-state index contributed by atoms with van der Waals surface area (Å²) in [4.78, 5) is 28.3. The number of fused-ring (bicyclic) bond motifs is 2. The molecule has 3 aromatic carbocycles. The Morgan fingerprint density at radius 1 is 1.00 bits per heavy atom. The van der Waals surface area contributed by atoms with E-state index in [1.165, 1.54) is 35.6 Å². The van der Waals surface area contributed by atoms with E-state index in [1.807, 2.05) is 42.6 Å². The molecule has 1 unspecified atom stereocenters. The smallest absolute Gasteiger partial charge is 0.326 e. The Morgan fingerprint density at radius 3 is 2.60 bits per heavy atom. The van der Waals surface area contributed by atoms with Crippen molar-refractivity contribution in [2.45, 2.75) is 63.6 Å². The van der Waals surface area contributed by atoms with Gasteiger partial charge < -0.3 is 20.7 Å². The highest BCUT2D eigenvalue weighted by atomic mass is 16.4. The summed E-state index contributed by atoms with van der Waals surface area (Å²) >= 11 is 0. The number of aromatic nitrogens is 1. The van der Waals surface area contributed by atoms with Crippen molar-refractivity contribution < 1.29 is 14.7 Å². The Labute approximate surface area is 246 Å². The molecule has 0 radical (unpaired) electrons. The average molecular weight is 562 g/mol. The van der Waals surface area contributed by atoms with E-state index >= 15 is 0 Å². The lowest BCUT2D eigenvalue weighted by Crippen LogP contribution is -2.43. The van der Waals surface area contributed by atoms with Gasteiger partial charge in [0.2, 0.25) is 0 Å². The molecule has 42 heavy (non-hydrogen) atoms. The molecule has 1 aromatic heterocycles. The van der Waals surface area contributed by atoms with Crippen LogP contribution in [0, 0.1) is 11.8 Å². The van der Waals surface area contributed by atoms with Gasteiger partial charge in [-0.05, 0) is 72.4 Å². The first-order valence-electron chi connectivity index (χ1n) is 15.2. The number of carboxylic acid groups (broad SMARTS) is 1. The minimum absolute atomic E-state index is 0.221. The Balaban J connectivity index is 1.05. The second kappa shape index (κ2) is 12.4. The molecule has 1 heterocycles. The van der Waals surface area contributed by atoms with Gasteiger partial charge in [0.05, 0.1) is 0 Å². The van der Waals surface area contributed by atoms with Gasteiger partial charge in [0, 0.05) is 41.2 Å². The van der Waals surface area contributed by atoms with Gasteiger partial charge in [-0.2, -0.15) is 0 Å². The predicted octanol–water partition coefficient (Wildman–Crippen LogP) is 6.85. The molecule has 6 rings (SSSR count). The SMILES string of the molecule is C[C@@H](N[C@H]1CCC[C@H](C2C=CC(C(=O)N[C@H](Cc3c[nH]c4ccccc34)C(=O)O)=CC2)C1)c1cccc2ccccc12. The van der Waals surface area contributed by atoms with Crippen molar-refractivity contribution in [1.29, 1.82) is 0 Å². The molecule has 4 aromatic rings. The number of hydrogen-bond acceptors (Lipinski definition) is 3. The van der Waals surface area contributed by atoms with E-state index in [0.717, 1.165) is 29.3 Å². The third-order valence-corrected chi connectivity index (χ3v) is 9.19. The van der Waals surface area contributed by atoms with Gasteiger partial charge in [0.15, 0.2) is 0 Å². The summed E-state index contributed by atoms with van der Waals surface area (Å²) in [6.07, 6.45) is 13.6. The van der Waals surface area contributed by atoms with Crippen molar-refractivity contribution >= 4 is 33.6 Å². The monoisotopic (exact) mass is 561 g/mol. The van der Waals surface area contributed by atoms with Crippen LogP contribution in [0.2, 0.25) is 0 Å². The maximum absolute atomic E-state index is 13.1. The molecule has 0 aliphatic heterocycles. The second-order valence-electron chi connectivity index (χ2n) is 11.9. The van der Waals surface area contributed by atoms with Crippen molar-refractivity contribution in [3.05, 3.63) is 108 Å². The van der Waals surface area contributed by atoms with Crippen LogP contribution in [0.25, 0.3) is 21.7 Å². The number of carboxylic acids is 1. The first-order valence-corrected chi connectivity index (χ1v) is 15.2. The molecule has 1 fully saturated rings. The van der Waals surface area contributed by atoms with Crippen LogP contribution in [0.4, 0.5) is 0 Å². The summed E-state index contributed by atoms with van der Waals surface area (Å²) in [6, 6.07) is 22.6. The molecule has 5 atom stereocenters. The zero-order valence-corrected chi connectivity index (χ0v) is 24.1. The molecule has 2 aliphatic rings. The van der Waals surface area contributed by atoms with Gasteiger partial charge in [-0.15, -0.1) is 0 Å². The summed E-state index contributed by atoms with van der Waals surface area (Å²) in [6.45, 7) is 2.27. The standard InChI is InChI=1S/C36H39N3O3/c1-23(30-14-7-9-25-8-2-3-12-31(25)30)38-29-11-6-10-27(20-29)24-16-18-26(19-17-24)35(40)39-34(36(41)42)21-28-22-37-33-15-5-4-13-32(28)33/h2-5,7-9,12-16,18-19,22-24,27,29,34,37-38H,6,10-11,17,20-21H2,1H3,(H,39,40)(H,41,42)/t23-,24?,27+,29+,34-/m1/s1. The lowest BCUT2D eigenvalue weighted by Gasteiger charge is -2.36. The number of para-hydroxylation sites is 1. The number of rotatable bonds is 9. The predicted molar refractivity (Wildman–Crippen MR) is 168 cm³/mol. The van der Waals surface area contributed by atoms with E-state index in [1.54, 1.807) is 0 Å². The van der Waals surface area contributed by atoms with E-state index in [9.17, 15) is 14.7 Å². The van der Waals surface area contributed by atoms with E-state index in [4.69, 9.17) is 0 Å². The molecule has 1 amide bonds. The van der Waals surface area contributed by atoms with E-state index < -0.39 is 12.0 Å². The average Bonchev–Trinajstić information content (AvgIpc) is 3.43. The zero-order valence-electron chi connectivity index (χ0n) is 24.1. The fraction of sp³-hybridized carbons (Fsp3) is 0.333. The topological polar surface area (TPSA) is 94.2 Å². The molecule has 0 bridgehead atoms. The number of carbonyl (C=O) groups excluding carboxylic acids is 1. The van der Waals surface area contributed by atoms with Gasteiger partial charge in [-0.3, -0.25) is 4.79 Å². The van der Waals surface area contributed by atoms with E-state index in [2.05, 4.69) is 71.1 Å².